The summed E-state index contributed by atoms with van der Waals surface area (Å²) in [5.74, 6) is 1.55. The Hall–Kier alpha value is -0.910. The minimum Gasteiger partial charge on any atom is -0.444 e. The quantitative estimate of drug-likeness (QED) is 0.869. The van der Waals surface area contributed by atoms with Crippen LogP contribution < -0.4 is 5.32 Å². The highest BCUT2D eigenvalue weighted by molar-refractivity contribution is 7.51. The number of rotatable bonds is 3. The molecule has 118 valence electrons. The first kappa shape index (κ1) is 19.1. The number of carbonyl (C=O) groups excluding carboxylic acids is 1. The van der Waals surface area contributed by atoms with Crippen LogP contribution in [-0.4, -0.2) is 26.7 Å². The maximum atomic E-state index is 11.5. The van der Waals surface area contributed by atoms with Crippen LogP contribution in [0.5, 0.6) is 0 Å². The molecular weight excluding hydrogens is 278 g/mol. The van der Waals surface area contributed by atoms with Crippen molar-refractivity contribution < 1.29 is 17.9 Å². The van der Waals surface area contributed by atoms with Crippen LogP contribution in [0.2, 0.25) is 0 Å². The standard InChI is InChI=1S/C14H27NO2.O2S/c1-5-11-6-8-12(9-7-11)10-15-13(16)17-14(2,3)4;1-3-2/h11-12H,5-10H2,1-4H3,(H,15,16);. The molecule has 0 atom stereocenters. The first-order chi connectivity index (χ1) is 9.32. The zero-order valence-electron chi connectivity index (χ0n) is 12.9. The lowest BCUT2D eigenvalue weighted by Crippen LogP contribution is -2.36. The van der Waals surface area contributed by atoms with Gasteiger partial charge in [-0.1, -0.05) is 26.2 Å². The molecule has 0 spiro atoms. The summed E-state index contributed by atoms with van der Waals surface area (Å²) in [7, 11) is 0. The maximum Gasteiger partial charge on any atom is 0.407 e. The molecule has 1 saturated carbocycles. The van der Waals surface area contributed by atoms with E-state index in [2.05, 4.69) is 12.2 Å². The summed E-state index contributed by atoms with van der Waals surface area (Å²) < 4.78 is 21.8. The monoisotopic (exact) mass is 305 g/mol. The lowest BCUT2D eigenvalue weighted by atomic mass is 9.81. The average Bonchev–Trinajstić information content (AvgIpc) is 2.36. The second-order valence-corrected chi connectivity index (χ2v) is 6.38. The highest BCUT2D eigenvalue weighted by Crippen LogP contribution is 2.30. The van der Waals surface area contributed by atoms with Crippen LogP contribution in [0.3, 0.4) is 0 Å². The maximum absolute atomic E-state index is 11.5. The van der Waals surface area contributed by atoms with Crippen LogP contribution in [0.15, 0.2) is 0 Å². The normalized spacial score (nSPS) is 22.2. The minimum absolute atomic E-state index is 0.282. The predicted molar refractivity (Wildman–Crippen MR) is 78.9 cm³/mol. The van der Waals surface area contributed by atoms with Crippen LogP contribution in [0.1, 0.15) is 59.8 Å². The number of amides is 1. The van der Waals surface area contributed by atoms with Crippen LogP contribution >= 0.6 is 0 Å². The summed E-state index contributed by atoms with van der Waals surface area (Å²) in [6, 6.07) is 0. The van der Waals surface area contributed by atoms with Crippen molar-refractivity contribution in [1.29, 1.82) is 0 Å². The average molecular weight is 305 g/mol. The van der Waals surface area contributed by atoms with Gasteiger partial charge in [0.25, 0.3) is 0 Å². The fraction of sp³-hybridized carbons (Fsp3) is 0.929. The van der Waals surface area contributed by atoms with E-state index in [0.717, 1.165) is 12.5 Å². The third kappa shape index (κ3) is 9.95. The Labute approximate surface area is 125 Å². The third-order valence-electron chi connectivity index (χ3n) is 3.48. The van der Waals surface area contributed by atoms with Gasteiger partial charge in [0, 0.05) is 6.54 Å². The highest BCUT2D eigenvalue weighted by Gasteiger charge is 2.21. The van der Waals surface area contributed by atoms with Crippen LogP contribution in [-0.2, 0) is 16.3 Å². The molecule has 1 aliphatic carbocycles. The molecular formula is C14H27NO4S. The predicted octanol–water partition coefficient (Wildman–Crippen LogP) is 3.06. The smallest absolute Gasteiger partial charge is 0.407 e. The van der Waals surface area contributed by atoms with Gasteiger partial charge in [-0.05, 0) is 45.4 Å². The molecule has 0 bridgehead atoms. The van der Waals surface area contributed by atoms with Crippen molar-refractivity contribution in [2.75, 3.05) is 6.54 Å². The van der Waals surface area contributed by atoms with Crippen molar-refractivity contribution in [3.05, 3.63) is 0 Å². The van der Waals surface area contributed by atoms with Crippen LogP contribution in [0.4, 0.5) is 4.79 Å². The molecule has 0 heterocycles. The number of nitrogens with one attached hydrogen (secondary N) is 1. The van der Waals surface area contributed by atoms with Crippen molar-refractivity contribution in [1.82, 2.24) is 5.32 Å². The molecule has 0 aromatic rings. The molecule has 0 unspecified atom stereocenters. The molecule has 1 rings (SSSR count). The molecule has 5 nitrogen and oxygen atoms in total. The van der Waals surface area contributed by atoms with E-state index in [0.29, 0.717) is 5.92 Å². The summed E-state index contributed by atoms with van der Waals surface area (Å²) in [4.78, 5) is 11.5. The Bertz CT molecular complexity index is 314. The Morgan fingerprint density at radius 3 is 2.00 bits per heavy atom. The van der Waals surface area contributed by atoms with Gasteiger partial charge >= 0.3 is 17.7 Å². The number of carbonyl (C=O) groups is 1. The topological polar surface area (TPSA) is 72.5 Å². The highest BCUT2D eigenvalue weighted by atomic mass is 32.1. The van der Waals surface area contributed by atoms with Crippen LogP contribution in [0, 0.1) is 11.8 Å². The van der Waals surface area contributed by atoms with E-state index in [1.807, 2.05) is 20.8 Å². The van der Waals surface area contributed by atoms with Gasteiger partial charge < -0.3 is 10.1 Å². The van der Waals surface area contributed by atoms with Gasteiger partial charge in [0.1, 0.15) is 5.60 Å². The minimum atomic E-state index is -0.750. The SMILES string of the molecule is CCC1CCC(CNC(=O)OC(C)(C)C)CC1.O=S=O. The fourth-order valence-electron chi connectivity index (χ4n) is 2.39. The first-order valence-electron chi connectivity index (χ1n) is 7.21. The molecule has 6 heteroatoms. The van der Waals surface area contributed by atoms with E-state index in [4.69, 9.17) is 13.2 Å². The molecule has 1 amide bonds. The largest absolute Gasteiger partial charge is 0.444 e. The van der Waals surface area contributed by atoms with E-state index >= 15 is 0 Å². The Kier molecular flexibility index (Phi) is 9.46. The Morgan fingerprint density at radius 1 is 1.15 bits per heavy atom. The lowest BCUT2D eigenvalue weighted by Gasteiger charge is -2.28. The molecule has 1 aliphatic rings. The van der Waals surface area contributed by atoms with E-state index in [-0.39, 0.29) is 6.09 Å². The van der Waals surface area contributed by atoms with Crippen molar-refractivity contribution in [3.63, 3.8) is 0 Å². The zero-order chi connectivity index (χ0) is 15.6. The van der Waals surface area contributed by atoms with E-state index in [9.17, 15) is 4.79 Å². The lowest BCUT2D eigenvalue weighted by molar-refractivity contribution is 0.0513. The van der Waals surface area contributed by atoms with Gasteiger partial charge in [0.05, 0.1) is 0 Å². The van der Waals surface area contributed by atoms with Gasteiger partial charge in [-0.3, -0.25) is 0 Å². The molecule has 1 N–H and O–H groups in total. The summed E-state index contributed by atoms with van der Waals surface area (Å²) in [5.41, 5.74) is -0.399. The van der Waals surface area contributed by atoms with E-state index in [1.165, 1.54) is 32.1 Å². The fourth-order valence-corrected chi connectivity index (χ4v) is 2.39. The van der Waals surface area contributed by atoms with Crippen molar-refractivity contribution in [2.45, 2.75) is 65.4 Å². The van der Waals surface area contributed by atoms with Gasteiger partial charge in [-0.25, -0.2) is 4.79 Å². The molecule has 0 aliphatic heterocycles. The number of hydrogen-bond acceptors (Lipinski definition) is 4. The Balaban J connectivity index is 0.00000110. The van der Waals surface area contributed by atoms with Crippen molar-refractivity contribution in [2.24, 2.45) is 11.8 Å². The molecule has 0 aromatic heterocycles. The first-order valence-corrected chi connectivity index (χ1v) is 7.87. The van der Waals surface area contributed by atoms with E-state index < -0.39 is 17.2 Å². The molecule has 20 heavy (non-hydrogen) atoms. The third-order valence-corrected chi connectivity index (χ3v) is 3.48. The summed E-state index contributed by atoms with van der Waals surface area (Å²) in [6.07, 6.45) is 6.14. The Morgan fingerprint density at radius 2 is 1.60 bits per heavy atom. The zero-order valence-corrected chi connectivity index (χ0v) is 13.8. The van der Waals surface area contributed by atoms with Crippen molar-refractivity contribution in [3.8, 4) is 0 Å². The second-order valence-electron chi connectivity index (χ2n) is 6.25. The number of alkyl carbamates (subject to hydrolysis) is 1. The molecule has 0 saturated heterocycles. The van der Waals surface area contributed by atoms with E-state index in [1.54, 1.807) is 0 Å². The van der Waals surface area contributed by atoms with Crippen LogP contribution in [0.25, 0.3) is 0 Å². The summed E-state index contributed by atoms with van der Waals surface area (Å²) in [6.45, 7) is 8.70. The van der Waals surface area contributed by atoms with Crippen molar-refractivity contribution >= 4 is 17.7 Å². The summed E-state index contributed by atoms with van der Waals surface area (Å²) in [5, 5.41) is 2.88. The second kappa shape index (κ2) is 9.91. The van der Waals surface area contributed by atoms with Gasteiger partial charge in [-0.15, -0.1) is 0 Å². The number of ether oxygens (including phenoxy) is 1. The molecule has 0 radical (unpaired) electrons. The van der Waals surface area contributed by atoms with Gasteiger partial charge in [0.2, 0.25) is 0 Å². The molecule has 0 aromatic carbocycles. The van der Waals surface area contributed by atoms with Gasteiger partial charge in [0.15, 0.2) is 0 Å². The van der Waals surface area contributed by atoms with Gasteiger partial charge in [-0.2, -0.15) is 8.42 Å². The summed E-state index contributed by atoms with van der Waals surface area (Å²) >= 11 is -0.750. The number of hydrogen-bond donors (Lipinski definition) is 1. The molecule has 1 fully saturated rings.